The van der Waals surface area contributed by atoms with Crippen LogP contribution in [0.3, 0.4) is 0 Å². The predicted octanol–water partition coefficient (Wildman–Crippen LogP) is 4.96. The lowest BCUT2D eigenvalue weighted by Crippen LogP contribution is -2.20. The minimum Gasteiger partial charge on any atom is -0.421 e. The topological polar surface area (TPSA) is 59.3 Å². The lowest BCUT2D eigenvalue weighted by Gasteiger charge is -2.06. The first-order valence-corrected chi connectivity index (χ1v) is 8.27. The quantitative estimate of drug-likeness (QED) is 0.435. The fraction of sp³-hybridized carbons (Fsp3) is 0. The van der Waals surface area contributed by atoms with Crippen LogP contribution in [0.5, 0.6) is 0 Å². The molecule has 0 spiro atoms. The molecule has 2 aromatic carbocycles. The number of hydrogen-bond acceptors (Lipinski definition) is 3. The highest BCUT2D eigenvalue weighted by Crippen LogP contribution is 2.27. The number of fused-ring (bicyclic) bond motifs is 1. The first-order chi connectivity index (χ1) is 10.9. The highest BCUT2D eigenvalue weighted by Gasteiger charge is 2.15. The molecule has 1 heterocycles. The molecule has 0 unspecified atom stereocenters. The highest BCUT2D eigenvalue weighted by atomic mass is 127. The first-order valence-electron chi connectivity index (χ1n) is 6.44. The lowest BCUT2D eigenvalue weighted by atomic mass is 10.1. The number of hydrogen-bond donors (Lipinski definition) is 1. The molecule has 0 saturated carbocycles. The molecule has 0 aliphatic rings. The van der Waals surface area contributed by atoms with Gasteiger partial charge in [-0.05, 0) is 65.1 Å². The van der Waals surface area contributed by atoms with Crippen LogP contribution in [-0.4, -0.2) is 5.91 Å². The summed E-state index contributed by atoms with van der Waals surface area (Å²) in [5.74, 6) is -0.557. The maximum Gasteiger partial charge on any atom is 0.349 e. The predicted molar refractivity (Wildman–Crippen MR) is 99.6 cm³/mol. The van der Waals surface area contributed by atoms with Crippen LogP contribution in [0.4, 0.5) is 5.69 Å². The average molecular weight is 460 g/mol. The summed E-state index contributed by atoms with van der Waals surface area (Å²) in [6.45, 7) is 0. The smallest absolute Gasteiger partial charge is 0.349 e. The van der Waals surface area contributed by atoms with Crippen LogP contribution >= 0.6 is 45.8 Å². The SMILES string of the molecule is O=C(Nc1ccc(I)cc1)c1cc2cc(Cl)cc(Cl)c2oc1=O. The third-order valence-electron chi connectivity index (χ3n) is 3.10. The second kappa shape index (κ2) is 6.51. The van der Waals surface area contributed by atoms with Crippen LogP contribution in [0.1, 0.15) is 10.4 Å². The zero-order valence-electron chi connectivity index (χ0n) is 11.4. The summed E-state index contributed by atoms with van der Waals surface area (Å²) in [5, 5.41) is 3.74. The van der Waals surface area contributed by atoms with Gasteiger partial charge in [-0.3, -0.25) is 4.79 Å². The first kappa shape index (κ1) is 16.3. The van der Waals surface area contributed by atoms with Crippen LogP contribution in [0, 0.1) is 3.57 Å². The van der Waals surface area contributed by atoms with Gasteiger partial charge in [0.05, 0.1) is 5.02 Å². The Morgan fingerprint density at radius 3 is 2.48 bits per heavy atom. The van der Waals surface area contributed by atoms with E-state index in [1.54, 1.807) is 18.2 Å². The van der Waals surface area contributed by atoms with Crippen molar-refractivity contribution in [2.45, 2.75) is 0 Å². The van der Waals surface area contributed by atoms with Gasteiger partial charge < -0.3 is 9.73 Å². The van der Waals surface area contributed by atoms with E-state index in [0.717, 1.165) is 3.57 Å². The zero-order chi connectivity index (χ0) is 16.6. The molecule has 0 radical (unpaired) electrons. The fourth-order valence-electron chi connectivity index (χ4n) is 2.05. The molecule has 1 aromatic heterocycles. The van der Waals surface area contributed by atoms with Gasteiger partial charge in [-0.2, -0.15) is 0 Å². The minimum absolute atomic E-state index is 0.116. The molecule has 7 heteroatoms. The van der Waals surface area contributed by atoms with E-state index in [1.165, 1.54) is 12.1 Å². The maximum atomic E-state index is 12.3. The van der Waals surface area contributed by atoms with Crippen LogP contribution in [0.2, 0.25) is 10.0 Å². The molecule has 23 heavy (non-hydrogen) atoms. The lowest BCUT2D eigenvalue weighted by molar-refractivity contribution is 0.102. The van der Waals surface area contributed by atoms with Crippen molar-refractivity contribution in [1.29, 1.82) is 0 Å². The Bertz CT molecular complexity index is 967. The van der Waals surface area contributed by atoms with Gasteiger partial charge in [0.15, 0.2) is 5.58 Å². The Kier molecular flexibility index (Phi) is 4.61. The third kappa shape index (κ3) is 3.52. The molecule has 0 aliphatic heterocycles. The Morgan fingerprint density at radius 2 is 1.78 bits per heavy atom. The molecule has 1 N–H and O–H groups in total. The Labute approximate surface area is 154 Å². The van der Waals surface area contributed by atoms with E-state index in [0.29, 0.717) is 16.1 Å². The maximum absolute atomic E-state index is 12.3. The molecule has 0 saturated heterocycles. The van der Waals surface area contributed by atoms with Crippen LogP contribution in [0.15, 0.2) is 51.7 Å². The van der Waals surface area contributed by atoms with Crippen LogP contribution in [0.25, 0.3) is 11.0 Å². The van der Waals surface area contributed by atoms with Gasteiger partial charge in [-0.25, -0.2) is 4.79 Å². The van der Waals surface area contributed by atoms with Crippen molar-refractivity contribution in [3.05, 3.63) is 72.1 Å². The number of amides is 1. The molecular formula is C16H8Cl2INO3. The van der Waals surface area contributed by atoms with Crippen molar-refractivity contribution in [3.63, 3.8) is 0 Å². The molecule has 3 rings (SSSR count). The van der Waals surface area contributed by atoms with E-state index in [2.05, 4.69) is 27.9 Å². The molecule has 3 aromatic rings. The Morgan fingerprint density at radius 1 is 1.09 bits per heavy atom. The van der Waals surface area contributed by atoms with E-state index in [-0.39, 0.29) is 16.2 Å². The van der Waals surface area contributed by atoms with Gasteiger partial charge in [0.25, 0.3) is 5.91 Å². The van der Waals surface area contributed by atoms with Crippen molar-refractivity contribution in [2.24, 2.45) is 0 Å². The van der Waals surface area contributed by atoms with Gasteiger partial charge in [0.2, 0.25) is 0 Å². The Balaban J connectivity index is 2.01. The van der Waals surface area contributed by atoms with Gasteiger partial charge in [0, 0.05) is 19.7 Å². The largest absolute Gasteiger partial charge is 0.421 e. The standard InChI is InChI=1S/C16H8Cl2INO3/c17-9-5-8-6-12(16(22)23-14(8)13(18)7-9)15(21)20-11-3-1-10(19)2-4-11/h1-7H,(H,20,21). The summed E-state index contributed by atoms with van der Waals surface area (Å²) in [4.78, 5) is 24.3. The second-order valence-corrected chi connectivity index (χ2v) is 6.80. The Hall–Kier alpha value is -1.57. The summed E-state index contributed by atoms with van der Waals surface area (Å²) in [5.41, 5.74) is -0.0926. The van der Waals surface area contributed by atoms with Gasteiger partial charge in [-0.15, -0.1) is 0 Å². The normalized spacial score (nSPS) is 10.7. The van der Waals surface area contributed by atoms with Gasteiger partial charge >= 0.3 is 5.63 Å². The van der Waals surface area contributed by atoms with E-state index < -0.39 is 11.5 Å². The van der Waals surface area contributed by atoms with Crippen LogP contribution in [-0.2, 0) is 0 Å². The summed E-state index contributed by atoms with van der Waals surface area (Å²) in [6.07, 6.45) is 0. The molecular weight excluding hydrogens is 452 g/mol. The van der Waals surface area contributed by atoms with Crippen molar-refractivity contribution >= 4 is 68.4 Å². The monoisotopic (exact) mass is 459 g/mol. The summed E-state index contributed by atoms with van der Waals surface area (Å²) >= 11 is 14.1. The summed E-state index contributed by atoms with van der Waals surface area (Å²) in [7, 11) is 0. The van der Waals surface area contributed by atoms with Crippen molar-refractivity contribution in [2.75, 3.05) is 5.32 Å². The number of nitrogens with one attached hydrogen (secondary N) is 1. The number of halogens is 3. The molecule has 0 aliphatic carbocycles. The van der Waals surface area contributed by atoms with Gasteiger partial charge in [0.1, 0.15) is 5.56 Å². The number of carbonyl (C=O) groups excluding carboxylic acids is 1. The number of carbonyl (C=O) groups is 1. The fourth-order valence-corrected chi connectivity index (χ4v) is 2.95. The number of anilines is 1. The van der Waals surface area contributed by atoms with Crippen molar-refractivity contribution < 1.29 is 9.21 Å². The summed E-state index contributed by atoms with van der Waals surface area (Å²) < 4.78 is 6.19. The second-order valence-electron chi connectivity index (χ2n) is 4.71. The minimum atomic E-state index is -0.760. The molecule has 1 amide bonds. The number of rotatable bonds is 2. The van der Waals surface area contributed by atoms with Crippen molar-refractivity contribution in [1.82, 2.24) is 0 Å². The zero-order valence-corrected chi connectivity index (χ0v) is 15.1. The van der Waals surface area contributed by atoms with Gasteiger partial charge in [-0.1, -0.05) is 23.2 Å². The molecule has 116 valence electrons. The van der Waals surface area contributed by atoms with E-state index in [4.69, 9.17) is 27.6 Å². The molecule has 0 bridgehead atoms. The number of benzene rings is 2. The van der Waals surface area contributed by atoms with Crippen LogP contribution < -0.4 is 10.9 Å². The van der Waals surface area contributed by atoms with E-state index >= 15 is 0 Å². The highest BCUT2D eigenvalue weighted by molar-refractivity contribution is 14.1. The molecule has 4 nitrogen and oxygen atoms in total. The van der Waals surface area contributed by atoms with E-state index in [9.17, 15) is 9.59 Å². The molecule has 0 fully saturated rings. The van der Waals surface area contributed by atoms with E-state index in [1.807, 2.05) is 12.1 Å². The molecule has 0 atom stereocenters. The summed E-state index contributed by atoms with van der Waals surface area (Å²) in [6, 6.07) is 11.7. The van der Waals surface area contributed by atoms with Crippen molar-refractivity contribution in [3.8, 4) is 0 Å². The third-order valence-corrected chi connectivity index (χ3v) is 4.32. The average Bonchev–Trinajstić information content (AvgIpc) is 2.50.